The zero-order valence-corrected chi connectivity index (χ0v) is 32.0. The molecule has 2 aromatic carbocycles. The van der Waals surface area contributed by atoms with Gasteiger partial charge in [-0.15, -0.1) is 0 Å². The summed E-state index contributed by atoms with van der Waals surface area (Å²) in [5.74, 6) is -0.914. The Labute approximate surface area is 307 Å². The molecule has 15 heteroatoms. The molecule has 1 saturated heterocycles. The van der Waals surface area contributed by atoms with Crippen LogP contribution in [0.25, 0.3) is 0 Å². The van der Waals surface area contributed by atoms with Crippen molar-refractivity contribution >= 4 is 93.5 Å². The fourth-order valence-electron chi connectivity index (χ4n) is 7.29. The SMILES string of the molecule is NC(N)=NC1CCC(N2C(=O)N(C3CCC(N=C(N)N)CC3)C(=O)C(Cc3cc(Br)cc(Br)c3)(Cc3cc(Br)cc(Br)c3)C2=O)CC1. The average Bonchev–Trinajstić information content (AvgIpc) is 2.96. The Morgan fingerprint density at radius 3 is 1.21 bits per heavy atom. The first-order valence-electron chi connectivity index (χ1n) is 15.5. The second-order valence-electron chi connectivity index (χ2n) is 12.7. The van der Waals surface area contributed by atoms with E-state index in [4.69, 9.17) is 22.9 Å². The zero-order chi connectivity index (χ0) is 34.0. The van der Waals surface area contributed by atoms with Crippen LogP contribution in [0.2, 0.25) is 0 Å². The molecule has 0 bridgehead atoms. The van der Waals surface area contributed by atoms with Crippen molar-refractivity contribution in [1.29, 1.82) is 0 Å². The van der Waals surface area contributed by atoms with Crippen LogP contribution in [0.3, 0.4) is 0 Å². The number of hydrogen-bond acceptors (Lipinski definition) is 5. The van der Waals surface area contributed by atoms with Gasteiger partial charge in [0.15, 0.2) is 11.9 Å². The standard InChI is InChI=1S/C32H38Br4N8O3/c33-19-9-17(10-20(34)13-19)15-32(16-18-11-21(35)14-22(36)12-18)27(45)43(25-5-1-23(2-6-25)41-29(37)38)31(47)44(28(32)46)26-7-3-24(4-8-26)42-30(39)40/h9-14,23-26H,1-8,15-16H2,(H4,37,38,41)(H4,39,40,42). The van der Waals surface area contributed by atoms with E-state index in [2.05, 4.69) is 73.7 Å². The van der Waals surface area contributed by atoms with Crippen molar-refractivity contribution in [2.75, 3.05) is 0 Å². The van der Waals surface area contributed by atoms with Gasteiger partial charge in [0.2, 0.25) is 11.8 Å². The third-order valence-electron chi connectivity index (χ3n) is 9.25. The lowest BCUT2D eigenvalue weighted by Gasteiger charge is -2.50. The van der Waals surface area contributed by atoms with Gasteiger partial charge in [-0.1, -0.05) is 63.7 Å². The van der Waals surface area contributed by atoms with Gasteiger partial charge in [-0.3, -0.25) is 29.4 Å². The number of carbonyl (C=O) groups excluding carboxylic acids is 3. The molecule has 4 amide bonds. The summed E-state index contributed by atoms with van der Waals surface area (Å²) in [7, 11) is 0. The van der Waals surface area contributed by atoms with Crippen molar-refractivity contribution in [1.82, 2.24) is 9.80 Å². The molecule has 0 unspecified atom stereocenters. The van der Waals surface area contributed by atoms with Crippen molar-refractivity contribution in [3.63, 3.8) is 0 Å². The van der Waals surface area contributed by atoms with E-state index in [1.54, 1.807) is 0 Å². The van der Waals surface area contributed by atoms with Crippen molar-refractivity contribution in [2.45, 2.75) is 88.4 Å². The Morgan fingerprint density at radius 2 is 0.915 bits per heavy atom. The number of hydrogen-bond donors (Lipinski definition) is 4. The number of urea groups is 1. The highest BCUT2D eigenvalue weighted by Gasteiger charge is 2.60. The summed E-state index contributed by atoms with van der Waals surface area (Å²) in [4.78, 5) is 56.1. The summed E-state index contributed by atoms with van der Waals surface area (Å²) < 4.78 is 3.22. The summed E-state index contributed by atoms with van der Waals surface area (Å²) in [6.07, 6.45) is 4.75. The van der Waals surface area contributed by atoms with Crippen LogP contribution in [-0.2, 0) is 22.4 Å². The number of carbonyl (C=O) groups is 3. The Morgan fingerprint density at radius 1 is 0.596 bits per heavy atom. The van der Waals surface area contributed by atoms with E-state index in [0.29, 0.717) is 51.4 Å². The van der Waals surface area contributed by atoms with Crippen LogP contribution >= 0.6 is 63.7 Å². The minimum atomic E-state index is -1.60. The van der Waals surface area contributed by atoms with Crippen LogP contribution in [0, 0.1) is 5.41 Å². The first-order chi connectivity index (χ1) is 22.2. The van der Waals surface area contributed by atoms with E-state index in [1.807, 2.05) is 36.4 Å². The molecule has 0 radical (unpaired) electrons. The number of nitrogens with two attached hydrogens (primary N) is 4. The van der Waals surface area contributed by atoms with Gasteiger partial charge in [0.25, 0.3) is 0 Å². The molecule has 8 N–H and O–H groups in total. The quantitative estimate of drug-likeness (QED) is 0.154. The first-order valence-corrected chi connectivity index (χ1v) is 18.7. The van der Waals surface area contributed by atoms with Crippen LogP contribution in [0.4, 0.5) is 4.79 Å². The number of benzene rings is 2. The molecule has 1 heterocycles. The molecule has 0 aromatic heterocycles. The Hall–Kier alpha value is -2.49. The summed E-state index contributed by atoms with van der Waals surface area (Å²) >= 11 is 14.3. The number of amides is 4. The van der Waals surface area contributed by atoms with E-state index in [0.717, 1.165) is 29.0 Å². The molecule has 2 aromatic rings. The molecular weight excluding hydrogens is 864 g/mol. The fraction of sp³-hybridized carbons (Fsp3) is 0.469. The number of nitrogens with zero attached hydrogens (tertiary/aromatic N) is 4. The predicted molar refractivity (Wildman–Crippen MR) is 196 cm³/mol. The average molecular weight is 902 g/mol. The Bertz CT molecular complexity index is 1440. The fourth-order valence-corrected chi connectivity index (χ4v) is 10.1. The van der Waals surface area contributed by atoms with Gasteiger partial charge in [0, 0.05) is 30.0 Å². The van der Waals surface area contributed by atoms with E-state index < -0.39 is 35.3 Å². The number of guanidine groups is 2. The Balaban J connectivity index is 1.61. The lowest BCUT2D eigenvalue weighted by Crippen LogP contribution is -2.70. The molecule has 252 valence electrons. The number of barbiturate groups is 1. The highest BCUT2D eigenvalue weighted by molar-refractivity contribution is 9.11. The van der Waals surface area contributed by atoms with E-state index in [-0.39, 0.29) is 36.8 Å². The molecule has 2 aliphatic carbocycles. The molecule has 2 saturated carbocycles. The molecule has 1 aliphatic heterocycles. The first kappa shape index (κ1) is 35.8. The number of imide groups is 2. The van der Waals surface area contributed by atoms with Crippen LogP contribution in [0.1, 0.15) is 62.5 Å². The van der Waals surface area contributed by atoms with Gasteiger partial charge in [0.1, 0.15) is 5.41 Å². The monoisotopic (exact) mass is 898 g/mol. The molecule has 0 spiro atoms. The van der Waals surface area contributed by atoms with E-state index >= 15 is 9.59 Å². The minimum Gasteiger partial charge on any atom is -0.370 e. The van der Waals surface area contributed by atoms with E-state index in [1.165, 1.54) is 9.80 Å². The van der Waals surface area contributed by atoms with Crippen molar-refractivity contribution in [2.24, 2.45) is 38.3 Å². The molecule has 3 fully saturated rings. The number of rotatable bonds is 8. The van der Waals surface area contributed by atoms with Crippen LogP contribution in [0.15, 0.2) is 64.3 Å². The maximum Gasteiger partial charge on any atom is 0.333 e. The van der Waals surface area contributed by atoms with Crippen molar-refractivity contribution < 1.29 is 14.4 Å². The van der Waals surface area contributed by atoms with Gasteiger partial charge in [-0.25, -0.2) is 4.79 Å². The van der Waals surface area contributed by atoms with Crippen molar-refractivity contribution in [3.05, 3.63) is 65.4 Å². The lowest BCUT2D eigenvalue weighted by atomic mass is 9.71. The summed E-state index contributed by atoms with van der Waals surface area (Å²) in [5.41, 5.74) is 22.6. The highest BCUT2D eigenvalue weighted by atomic mass is 79.9. The summed E-state index contributed by atoms with van der Waals surface area (Å²) in [5, 5.41) is 0. The van der Waals surface area contributed by atoms with Crippen LogP contribution in [-0.4, -0.2) is 63.7 Å². The summed E-state index contributed by atoms with van der Waals surface area (Å²) in [6.45, 7) is 0. The zero-order valence-electron chi connectivity index (χ0n) is 25.7. The topological polar surface area (TPSA) is 186 Å². The van der Waals surface area contributed by atoms with Crippen molar-refractivity contribution in [3.8, 4) is 0 Å². The highest BCUT2D eigenvalue weighted by Crippen LogP contribution is 2.43. The van der Waals surface area contributed by atoms with Gasteiger partial charge in [-0.2, -0.15) is 0 Å². The molecular formula is C32H38Br4N8O3. The maximum absolute atomic E-state index is 15.1. The molecule has 11 nitrogen and oxygen atoms in total. The molecule has 3 aliphatic rings. The van der Waals surface area contributed by atoms with Gasteiger partial charge in [-0.05, 0) is 112 Å². The van der Waals surface area contributed by atoms with Gasteiger partial charge >= 0.3 is 6.03 Å². The number of aliphatic imine (C=N–C) groups is 2. The second-order valence-corrected chi connectivity index (χ2v) is 16.3. The molecule has 47 heavy (non-hydrogen) atoms. The third kappa shape index (κ3) is 8.22. The molecule has 0 atom stereocenters. The second kappa shape index (κ2) is 15.0. The Kier molecular flexibility index (Phi) is 11.4. The number of halogens is 4. The largest absolute Gasteiger partial charge is 0.370 e. The third-order valence-corrected chi connectivity index (χ3v) is 11.1. The maximum atomic E-state index is 15.1. The predicted octanol–water partition coefficient (Wildman–Crippen LogP) is 5.47. The normalized spacial score (nSPS) is 24.6. The van der Waals surface area contributed by atoms with Crippen LogP contribution < -0.4 is 22.9 Å². The smallest absolute Gasteiger partial charge is 0.333 e. The van der Waals surface area contributed by atoms with Gasteiger partial charge < -0.3 is 22.9 Å². The minimum absolute atomic E-state index is 0.0195. The van der Waals surface area contributed by atoms with E-state index in [9.17, 15) is 4.79 Å². The summed E-state index contributed by atoms with van der Waals surface area (Å²) in [6, 6.07) is 9.91. The lowest BCUT2D eigenvalue weighted by molar-refractivity contribution is -0.163. The molecule has 5 rings (SSSR count). The van der Waals surface area contributed by atoms with Gasteiger partial charge in [0.05, 0.1) is 12.1 Å². The van der Waals surface area contributed by atoms with Crippen LogP contribution in [0.5, 0.6) is 0 Å².